The van der Waals surface area contributed by atoms with E-state index in [-0.39, 0.29) is 17.5 Å². The van der Waals surface area contributed by atoms with Crippen LogP contribution >= 0.6 is 0 Å². The molecule has 0 aliphatic heterocycles. The van der Waals surface area contributed by atoms with Crippen LogP contribution in [-0.2, 0) is 6.42 Å². The predicted molar refractivity (Wildman–Crippen MR) is 69.1 cm³/mol. The number of nitrogens with zero attached hydrogens (tertiary/aromatic N) is 5. The van der Waals surface area contributed by atoms with Gasteiger partial charge in [-0.3, -0.25) is 10.1 Å². The van der Waals surface area contributed by atoms with Crippen molar-refractivity contribution < 1.29 is 4.92 Å². The number of hydrogen-bond acceptors (Lipinski definition) is 6. The fourth-order valence-electron chi connectivity index (χ4n) is 2.06. The van der Waals surface area contributed by atoms with E-state index in [1.807, 2.05) is 20.8 Å². The van der Waals surface area contributed by atoms with Gasteiger partial charge in [-0.25, -0.2) is 9.67 Å². The van der Waals surface area contributed by atoms with Gasteiger partial charge in [-0.2, -0.15) is 10.1 Å². The summed E-state index contributed by atoms with van der Waals surface area (Å²) in [6.07, 6.45) is 1.89. The Morgan fingerprint density at radius 3 is 2.68 bits per heavy atom. The number of hydrogen-bond donors (Lipinski definition) is 1. The van der Waals surface area contributed by atoms with Crippen molar-refractivity contribution in [1.82, 2.24) is 19.7 Å². The van der Waals surface area contributed by atoms with Crippen LogP contribution in [0.25, 0.3) is 5.82 Å². The fourth-order valence-corrected chi connectivity index (χ4v) is 2.06. The number of rotatable bonds is 3. The average molecular weight is 262 g/mol. The summed E-state index contributed by atoms with van der Waals surface area (Å²) >= 11 is 0. The first-order valence-electron chi connectivity index (χ1n) is 5.78. The highest BCUT2D eigenvalue weighted by Crippen LogP contribution is 2.24. The van der Waals surface area contributed by atoms with Crippen LogP contribution in [0.5, 0.6) is 0 Å². The van der Waals surface area contributed by atoms with Crippen molar-refractivity contribution in [3.8, 4) is 5.82 Å². The minimum atomic E-state index is -0.545. The molecule has 0 radical (unpaired) electrons. The Morgan fingerprint density at radius 1 is 1.47 bits per heavy atom. The minimum absolute atomic E-state index is 0.0220. The molecule has 0 fully saturated rings. The molecule has 0 spiro atoms. The van der Waals surface area contributed by atoms with E-state index in [0.717, 1.165) is 29.6 Å². The zero-order valence-corrected chi connectivity index (χ0v) is 10.9. The lowest BCUT2D eigenvalue weighted by Gasteiger charge is -2.05. The van der Waals surface area contributed by atoms with Gasteiger partial charge in [0.15, 0.2) is 0 Å². The van der Waals surface area contributed by atoms with Crippen LogP contribution in [0, 0.1) is 24.0 Å². The van der Waals surface area contributed by atoms with E-state index in [9.17, 15) is 10.1 Å². The molecule has 0 saturated carbocycles. The number of nitrogens with two attached hydrogens (primary N) is 1. The van der Waals surface area contributed by atoms with Gasteiger partial charge in [-0.05, 0) is 25.8 Å². The standard InChI is InChI=1S/C11H14N6O2/c1-4-8-6(2)15-16(7(8)3)10-9(17(18)19)5-13-11(12)14-10/h5H,4H2,1-3H3,(H2,12,13,14). The predicted octanol–water partition coefficient (Wildman–Crippen LogP) is 1.33. The molecule has 8 heteroatoms. The van der Waals surface area contributed by atoms with Crippen LogP contribution in [0.2, 0.25) is 0 Å². The van der Waals surface area contributed by atoms with Crippen LogP contribution in [-0.4, -0.2) is 24.7 Å². The van der Waals surface area contributed by atoms with Crippen molar-refractivity contribution in [2.24, 2.45) is 0 Å². The quantitative estimate of drug-likeness (QED) is 0.659. The van der Waals surface area contributed by atoms with Crippen molar-refractivity contribution in [3.63, 3.8) is 0 Å². The van der Waals surface area contributed by atoms with E-state index in [2.05, 4.69) is 15.1 Å². The smallest absolute Gasteiger partial charge is 0.332 e. The lowest BCUT2D eigenvalue weighted by Crippen LogP contribution is -2.09. The fraction of sp³-hybridized carbons (Fsp3) is 0.364. The van der Waals surface area contributed by atoms with Crippen LogP contribution < -0.4 is 5.73 Å². The van der Waals surface area contributed by atoms with Crippen LogP contribution in [0.4, 0.5) is 11.6 Å². The second-order valence-corrected chi connectivity index (χ2v) is 4.11. The Kier molecular flexibility index (Phi) is 3.16. The van der Waals surface area contributed by atoms with E-state index < -0.39 is 4.92 Å². The SMILES string of the molecule is CCc1c(C)nn(-c2nc(N)ncc2[N+](=O)[O-])c1C. The number of aromatic nitrogens is 4. The van der Waals surface area contributed by atoms with Crippen molar-refractivity contribution in [3.05, 3.63) is 33.3 Å². The van der Waals surface area contributed by atoms with Crippen LogP contribution in [0.15, 0.2) is 6.20 Å². The molecule has 100 valence electrons. The molecule has 0 bridgehead atoms. The molecular formula is C11H14N6O2. The maximum absolute atomic E-state index is 11.0. The van der Waals surface area contributed by atoms with Gasteiger partial charge in [-0.1, -0.05) is 6.92 Å². The summed E-state index contributed by atoms with van der Waals surface area (Å²) in [5.74, 6) is 0.0731. The minimum Gasteiger partial charge on any atom is -0.368 e. The molecule has 2 aromatic heterocycles. The molecule has 0 amide bonds. The summed E-state index contributed by atoms with van der Waals surface area (Å²) in [6.45, 7) is 5.71. The summed E-state index contributed by atoms with van der Waals surface area (Å²) in [4.78, 5) is 18.1. The van der Waals surface area contributed by atoms with Crippen molar-refractivity contribution >= 4 is 11.6 Å². The maximum Gasteiger partial charge on any atom is 0.332 e. The maximum atomic E-state index is 11.0. The molecule has 0 aromatic carbocycles. The Balaban J connectivity index is 2.71. The molecule has 0 aliphatic rings. The number of nitrogen functional groups attached to an aromatic ring is 1. The molecule has 8 nitrogen and oxygen atoms in total. The Morgan fingerprint density at radius 2 is 2.16 bits per heavy atom. The molecule has 0 aliphatic carbocycles. The number of aryl methyl sites for hydroxylation is 1. The average Bonchev–Trinajstić information content (AvgIpc) is 2.63. The molecule has 0 atom stereocenters. The highest BCUT2D eigenvalue weighted by atomic mass is 16.6. The molecule has 19 heavy (non-hydrogen) atoms. The first kappa shape index (κ1) is 12.9. The Bertz CT molecular complexity index is 649. The van der Waals surface area contributed by atoms with Crippen molar-refractivity contribution in [1.29, 1.82) is 0 Å². The van der Waals surface area contributed by atoms with E-state index >= 15 is 0 Å². The topological polar surface area (TPSA) is 113 Å². The summed E-state index contributed by atoms with van der Waals surface area (Å²) in [5, 5.41) is 15.3. The summed E-state index contributed by atoms with van der Waals surface area (Å²) in [6, 6.07) is 0. The summed E-state index contributed by atoms with van der Waals surface area (Å²) in [7, 11) is 0. The lowest BCUT2D eigenvalue weighted by atomic mass is 10.1. The number of nitro groups is 1. The third kappa shape index (κ3) is 2.12. The van der Waals surface area contributed by atoms with E-state index in [1.54, 1.807) is 0 Å². The zero-order valence-electron chi connectivity index (χ0n) is 10.9. The van der Waals surface area contributed by atoms with Crippen LogP contribution in [0.1, 0.15) is 23.9 Å². The zero-order chi connectivity index (χ0) is 14.2. The highest BCUT2D eigenvalue weighted by Gasteiger charge is 2.22. The molecule has 2 aromatic rings. The second-order valence-electron chi connectivity index (χ2n) is 4.11. The molecular weight excluding hydrogens is 248 g/mol. The Labute approximate surface area is 109 Å². The van der Waals surface area contributed by atoms with Crippen molar-refractivity contribution in [2.75, 3.05) is 5.73 Å². The molecule has 2 rings (SSSR count). The molecule has 2 N–H and O–H groups in total. The van der Waals surface area contributed by atoms with Crippen LogP contribution in [0.3, 0.4) is 0 Å². The van der Waals surface area contributed by atoms with E-state index in [1.165, 1.54) is 4.68 Å². The van der Waals surface area contributed by atoms with Gasteiger partial charge in [0.1, 0.15) is 6.20 Å². The molecule has 0 unspecified atom stereocenters. The normalized spacial score (nSPS) is 10.7. The van der Waals surface area contributed by atoms with E-state index in [4.69, 9.17) is 5.73 Å². The van der Waals surface area contributed by atoms with Crippen molar-refractivity contribution in [2.45, 2.75) is 27.2 Å². The first-order valence-corrected chi connectivity index (χ1v) is 5.78. The highest BCUT2D eigenvalue weighted by molar-refractivity contribution is 5.49. The second kappa shape index (κ2) is 4.63. The third-order valence-corrected chi connectivity index (χ3v) is 2.96. The summed E-state index contributed by atoms with van der Waals surface area (Å²) in [5.41, 5.74) is 7.98. The molecule has 2 heterocycles. The van der Waals surface area contributed by atoms with E-state index in [0.29, 0.717) is 0 Å². The van der Waals surface area contributed by atoms with Gasteiger partial charge < -0.3 is 5.73 Å². The largest absolute Gasteiger partial charge is 0.368 e. The van der Waals surface area contributed by atoms with Gasteiger partial charge in [0.05, 0.1) is 10.6 Å². The number of anilines is 1. The van der Waals surface area contributed by atoms with Gasteiger partial charge in [0, 0.05) is 5.69 Å². The first-order chi connectivity index (χ1) is 8.95. The Hall–Kier alpha value is -2.51. The summed E-state index contributed by atoms with van der Waals surface area (Å²) < 4.78 is 1.45. The van der Waals surface area contributed by atoms with Gasteiger partial charge >= 0.3 is 5.69 Å². The van der Waals surface area contributed by atoms with Gasteiger partial charge in [-0.15, -0.1) is 0 Å². The van der Waals surface area contributed by atoms with Gasteiger partial charge in [0.2, 0.25) is 11.8 Å². The third-order valence-electron chi connectivity index (χ3n) is 2.96. The van der Waals surface area contributed by atoms with Gasteiger partial charge in [0.25, 0.3) is 0 Å². The monoisotopic (exact) mass is 262 g/mol. The molecule has 0 saturated heterocycles. The lowest BCUT2D eigenvalue weighted by molar-refractivity contribution is -0.385.